The fourth-order valence-corrected chi connectivity index (χ4v) is 8.81. The second-order valence-electron chi connectivity index (χ2n) is 19.4. The third kappa shape index (κ3) is 23.2. The van der Waals surface area contributed by atoms with Crippen molar-refractivity contribution in [2.24, 2.45) is 66.6 Å². The zero-order chi connectivity index (χ0) is 58.6. The number of aliphatic carboxylic acids is 1. The number of hydrogen-bond donors (Lipinski definition) is 18. The predicted molar refractivity (Wildman–Crippen MR) is 314 cm³/mol. The predicted octanol–water partition coefficient (Wildman–Crippen LogP) is -2.40. The summed E-state index contributed by atoms with van der Waals surface area (Å²) in [5.41, 5.74) is 53.5. The number of unbranched alkanes of at least 4 members (excludes halogenated alkanes) is 2. The molecule has 0 unspecified atom stereocenters. The summed E-state index contributed by atoms with van der Waals surface area (Å²) in [4.78, 5) is 117. The smallest absolute Gasteiger partial charge is 0.326 e. The molecule has 446 valence electrons. The number of amides is 6. The van der Waals surface area contributed by atoms with Crippen molar-refractivity contribution in [2.75, 3.05) is 32.7 Å². The Morgan fingerprint density at radius 3 is 1.15 bits per heavy atom. The number of carboxylic acids is 1. The first-order valence-electron chi connectivity index (χ1n) is 26.8. The first kappa shape index (κ1) is 67.1. The van der Waals surface area contributed by atoms with E-state index in [1.165, 1.54) is 0 Å². The molecule has 0 fully saturated rings. The van der Waals surface area contributed by atoms with Gasteiger partial charge in [0.1, 0.15) is 36.3 Å². The van der Waals surface area contributed by atoms with E-state index in [4.69, 9.17) is 51.6 Å². The van der Waals surface area contributed by atoms with Gasteiger partial charge in [0.15, 0.2) is 17.9 Å². The average molecular weight is 1150 g/mol. The Balaban J connectivity index is 0.0000172. The van der Waals surface area contributed by atoms with Crippen molar-refractivity contribution in [3.05, 3.63) is 72.1 Å². The molecule has 4 rings (SSSR count). The Morgan fingerprint density at radius 2 is 0.765 bits per heavy atom. The van der Waals surface area contributed by atoms with Crippen LogP contribution in [0.25, 0.3) is 21.8 Å². The molecule has 0 aliphatic rings. The number of rotatable bonds is 37. The third-order valence-corrected chi connectivity index (χ3v) is 13.1. The number of aliphatic imine (C=N–C) groups is 3. The third-order valence-electron chi connectivity index (χ3n) is 13.1. The molecule has 2 aromatic carbocycles. The van der Waals surface area contributed by atoms with E-state index in [9.17, 15) is 38.7 Å². The fourth-order valence-electron chi connectivity index (χ4n) is 8.81. The summed E-state index contributed by atoms with van der Waals surface area (Å²) in [5, 5.41) is 28.1. The van der Waals surface area contributed by atoms with Crippen LogP contribution in [0.5, 0.6) is 0 Å². The van der Waals surface area contributed by atoms with Crippen molar-refractivity contribution in [1.82, 2.24) is 41.9 Å². The number of aromatic amines is 2. The molecule has 6 amide bonds. The van der Waals surface area contributed by atoms with Gasteiger partial charge >= 0.3 is 5.97 Å². The van der Waals surface area contributed by atoms with Crippen LogP contribution in [-0.2, 0) is 46.4 Å². The molecular formula is C52H83ClN20O8. The van der Waals surface area contributed by atoms with E-state index in [2.05, 4.69) is 56.8 Å². The summed E-state index contributed by atoms with van der Waals surface area (Å²) in [7, 11) is 0. The van der Waals surface area contributed by atoms with Crippen LogP contribution in [0, 0.1) is 0 Å². The molecule has 0 aliphatic carbocycles. The van der Waals surface area contributed by atoms with Crippen LogP contribution in [-0.4, -0.2) is 149 Å². The standard InChI is InChI=1S/C52H82N20O8.ClH/c53-21-7-5-17-37(68-45(75)39(20-11-25-64-52(60)61)69-44(74)38(19-10-24-63-51(58)59)67-43(73)34(55)14-9-23-62-50(56)57)46(76)71-42(27-31-29-66-36-16-4-2-13-33(31)36)48(78)72-41(26-30-28-65-35-15-3-1-12-32(30)35)47(77)70-40(49(79)80)18-6-8-22-54;/h1-4,12-13,15-16,28-29,34,37-42,65-66H,5-11,14,17-27,53-55H2,(H,67,73)(H,68,75)(H,69,74)(H,70,77)(H,71,76)(H,72,78)(H,79,80)(H4,56,57,62)(H4,58,59,63)(H4,60,61,64);1H/t34-,37-,38-,39-,40-,41-,42-;/m0./s1. The van der Waals surface area contributed by atoms with Crippen LogP contribution in [0.15, 0.2) is 75.9 Å². The van der Waals surface area contributed by atoms with Gasteiger partial charge in [-0.15, -0.1) is 12.4 Å². The van der Waals surface area contributed by atoms with Gasteiger partial charge < -0.3 is 98.6 Å². The monoisotopic (exact) mass is 1150 g/mol. The van der Waals surface area contributed by atoms with Gasteiger partial charge in [-0.2, -0.15) is 0 Å². The van der Waals surface area contributed by atoms with Gasteiger partial charge in [-0.3, -0.25) is 43.7 Å². The number of aromatic nitrogens is 2. The van der Waals surface area contributed by atoms with Crippen molar-refractivity contribution in [3.8, 4) is 0 Å². The second-order valence-corrected chi connectivity index (χ2v) is 19.4. The molecule has 7 atom stereocenters. The van der Waals surface area contributed by atoms with Gasteiger partial charge in [-0.05, 0) is 113 Å². The highest BCUT2D eigenvalue weighted by molar-refractivity contribution is 5.98. The minimum Gasteiger partial charge on any atom is -0.480 e. The summed E-state index contributed by atoms with van der Waals surface area (Å²) >= 11 is 0. The molecule has 0 radical (unpaired) electrons. The molecule has 29 heteroatoms. The van der Waals surface area contributed by atoms with Gasteiger partial charge in [-0.25, -0.2) is 4.79 Å². The maximum atomic E-state index is 14.9. The second kappa shape index (κ2) is 35.4. The quantitative estimate of drug-likeness (QED) is 0.0127. The summed E-state index contributed by atoms with van der Waals surface area (Å²) in [6.07, 6.45) is 5.94. The lowest BCUT2D eigenvalue weighted by molar-refractivity contribution is -0.142. The van der Waals surface area contributed by atoms with Crippen molar-refractivity contribution in [3.63, 3.8) is 0 Å². The lowest BCUT2D eigenvalue weighted by Crippen LogP contribution is -2.60. The Labute approximate surface area is 476 Å². The number of halogens is 1. The molecule has 4 aromatic rings. The first-order chi connectivity index (χ1) is 38.3. The van der Waals surface area contributed by atoms with Gasteiger partial charge in [0.25, 0.3) is 0 Å². The van der Waals surface area contributed by atoms with Crippen molar-refractivity contribution in [1.29, 1.82) is 0 Å². The van der Waals surface area contributed by atoms with E-state index in [0.29, 0.717) is 49.8 Å². The minimum absolute atomic E-state index is 0. The Hall–Kier alpha value is -8.21. The van der Waals surface area contributed by atoms with E-state index in [0.717, 1.165) is 21.8 Å². The zero-order valence-corrected chi connectivity index (χ0v) is 46.3. The molecule has 0 spiro atoms. The Kier molecular flexibility index (Phi) is 29.3. The highest BCUT2D eigenvalue weighted by Gasteiger charge is 2.34. The van der Waals surface area contributed by atoms with E-state index >= 15 is 0 Å². The minimum atomic E-state index is -1.40. The lowest BCUT2D eigenvalue weighted by atomic mass is 10.00. The largest absolute Gasteiger partial charge is 0.480 e. The van der Waals surface area contributed by atoms with Crippen molar-refractivity contribution >= 4 is 93.5 Å². The number of nitrogens with zero attached hydrogens (tertiary/aromatic N) is 3. The molecular weight excluding hydrogens is 1070 g/mol. The molecule has 2 heterocycles. The summed E-state index contributed by atoms with van der Waals surface area (Å²) in [6.45, 7) is 0.955. The topological polar surface area (TPSA) is 515 Å². The van der Waals surface area contributed by atoms with Gasteiger partial charge in [0.2, 0.25) is 35.4 Å². The Bertz CT molecular complexity index is 2760. The van der Waals surface area contributed by atoms with Crippen molar-refractivity contribution < 1.29 is 38.7 Å². The molecule has 0 saturated heterocycles. The number of carbonyl (C=O) groups is 7. The fraction of sp³-hybridized carbons (Fsp3) is 0.500. The molecule has 0 aliphatic heterocycles. The number of benzene rings is 2. The van der Waals surface area contributed by atoms with Crippen LogP contribution in [0.1, 0.15) is 88.2 Å². The number of H-pyrrole nitrogens is 2. The first-order valence-corrected chi connectivity index (χ1v) is 26.8. The molecule has 0 bridgehead atoms. The molecule has 81 heavy (non-hydrogen) atoms. The van der Waals surface area contributed by atoms with E-state index in [1.54, 1.807) is 12.4 Å². The highest BCUT2D eigenvalue weighted by atomic mass is 35.5. The van der Waals surface area contributed by atoms with Crippen LogP contribution in [0.4, 0.5) is 0 Å². The molecule has 0 saturated carbocycles. The van der Waals surface area contributed by atoms with E-state index < -0.39 is 83.7 Å². The maximum Gasteiger partial charge on any atom is 0.326 e. The van der Waals surface area contributed by atoms with Crippen LogP contribution < -0.4 is 83.5 Å². The van der Waals surface area contributed by atoms with Crippen molar-refractivity contribution in [2.45, 2.75) is 132 Å². The van der Waals surface area contributed by atoms with Crippen LogP contribution >= 0.6 is 12.4 Å². The van der Waals surface area contributed by atoms with E-state index in [1.807, 2.05) is 48.5 Å². The number of fused-ring (bicyclic) bond motifs is 2. The summed E-state index contributed by atoms with van der Waals surface area (Å²) < 4.78 is 0. The van der Waals surface area contributed by atoms with Crippen LogP contribution in [0.2, 0.25) is 0 Å². The number of nitrogens with two attached hydrogens (primary N) is 9. The molecule has 27 N–H and O–H groups in total. The molecule has 2 aromatic heterocycles. The lowest BCUT2D eigenvalue weighted by Gasteiger charge is -2.28. The SMILES string of the molecule is Cl.NCCCC[C@H](NC(=O)[C@H](Cc1c[nH]c2ccccc12)NC(=O)[C@H](Cc1c[nH]c2ccccc12)NC(=O)[C@H](CCCCN)NC(=O)[C@H](CCCN=C(N)N)NC(=O)[C@H](CCCN=C(N)N)NC(=O)[C@@H](N)CCCN=C(N)N)C(=O)O. The number of carboxylic acid groups (broad SMARTS) is 1. The summed E-state index contributed by atoms with van der Waals surface area (Å²) in [5.74, 6) is -6.38. The number of hydrogen-bond acceptors (Lipinski definition) is 13. The highest BCUT2D eigenvalue weighted by Crippen LogP contribution is 2.22. The van der Waals surface area contributed by atoms with Crippen LogP contribution in [0.3, 0.4) is 0 Å². The van der Waals surface area contributed by atoms with Gasteiger partial charge in [0.05, 0.1) is 6.04 Å². The number of para-hydroxylation sites is 2. The number of guanidine groups is 3. The zero-order valence-electron chi connectivity index (χ0n) is 45.5. The average Bonchev–Trinajstić information content (AvgIpc) is 4.04. The maximum absolute atomic E-state index is 14.9. The Morgan fingerprint density at radius 1 is 0.444 bits per heavy atom. The number of carbonyl (C=O) groups excluding carboxylic acids is 6. The normalized spacial score (nSPS) is 13.6. The van der Waals surface area contributed by atoms with Gasteiger partial charge in [-0.1, -0.05) is 36.4 Å². The summed E-state index contributed by atoms with van der Waals surface area (Å²) in [6, 6.07) is 5.64. The number of nitrogens with one attached hydrogen (secondary N) is 8. The van der Waals surface area contributed by atoms with E-state index in [-0.39, 0.29) is 114 Å². The molecule has 28 nitrogen and oxygen atoms in total. The van der Waals surface area contributed by atoms with Gasteiger partial charge in [0, 0.05) is 66.7 Å².